The van der Waals surface area contributed by atoms with Gasteiger partial charge in [-0.25, -0.2) is 13.8 Å². The molecule has 0 heterocycles. The van der Waals surface area contributed by atoms with Gasteiger partial charge >= 0.3 is 0 Å². The molecular weight excluding hydrogens is 439 g/mol. The quantitative estimate of drug-likeness (QED) is 0.286. The molecule has 0 saturated carbocycles. The zero-order valence-corrected chi connectivity index (χ0v) is 16.3. The lowest BCUT2D eigenvalue weighted by Crippen LogP contribution is -2.39. The van der Waals surface area contributed by atoms with E-state index in [1.54, 1.807) is 0 Å². The minimum absolute atomic E-state index is 0. The van der Waals surface area contributed by atoms with Gasteiger partial charge in [0, 0.05) is 12.6 Å². The summed E-state index contributed by atoms with van der Waals surface area (Å²) in [6.45, 7) is 3.94. The van der Waals surface area contributed by atoms with Gasteiger partial charge in [-0.2, -0.15) is 0 Å². The Balaban J connectivity index is 0.00000312. The second kappa shape index (κ2) is 11.6. The number of nitrogens with zero attached hydrogens (tertiary/aromatic N) is 1. The first kappa shape index (κ1) is 21.1. The van der Waals surface area contributed by atoms with Crippen LogP contribution in [0.4, 0.5) is 8.78 Å². The lowest BCUT2D eigenvalue weighted by atomic mass is 10.2. The first-order valence-electron chi connectivity index (χ1n) is 7.83. The molecule has 0 amide bonds. The summed E-state index contributed by atoms with van der Waals surface area (Å²) < 4.78 is 31.6. The highest BCUT2D eigenvalue weighted by Gasteiger charge is 2.04. The van der Waals surface area contributed by atoms with E-state index >= 15 is 0 Å². The van der Waals surface area contributed by atoms with Crippen molar-refractivity contribution in [1.82, 2.24) is 10.6 Å². The molecule has 7 heteroatoms. The Labute approximate surface area is 163 Å². The van der Waals surface area contributed by atoms with Crippen LogP contribution in [0.25, 0.3) is 0 Å². The predicted octanol–water partition coefficient (Wildman–Crippen LogP) is 3.72. The Morgan fingerprint density at radius 1 is 1.08 bits per heavy atom. The summed E-state index contributed by atoms with van der Waals surface area (Å²) in [4.78, 5) is 4.47. The number of hydrogen-bond acceptors (Lipinski definition) is 2. The topological polar surface area (TPSA) is 45.7 Å². The molecule has 4 nitrogen and oxygen atoms in total. The number of halogens is 3. The largest absolute Gasteiger partial charge is 0.489 e. The second-order valence-electron chi connectivity index (χ2n) is 5.03. The minimum Gasteiger partial charge on any atom is -0.489 e. The Morgan fingerprint density at radius 2 is 1.84 bits per heavy atom. The van der Waals surface area contributed by atoms with Gasteiger partial charge in [-0.3, -0.25) is 0 Å². The number of ether oxygens (including phenoxy) is 1. The molecule has 2 aromatic carbocycles. The Morgan fingerprint density at radius 3 is 2.52 bits per heavy atom. The summed E-state index contributed by atoms with van der Waals surface area (Å²) in [5.74, 6) is -0.644. The summed E-state index contributed by atoms with van der Waals surface area (Å²) >= 11 is 0. The van der Waals surface area contributed by atoms with Crippen molar-refractivity contribution in [2.75, 3.05) is 19.7 Å². The van der Waals surface area contributed by atoms with Gasteiger partial charge in [-0.05, 0) is 24.6 Å². The van der Waals surface area contributed by atoms with Crippen molar-refractivity contribution in [3.05, 3.63) is 65.7 Å². The van der Waals surface area contributed by atoms with Crippen molar-refractivity contribution in [3.63, 3.8) is 0 Å². The Bertz CT molecular complexity index is 669. The Kier molecular flexibility index (Phi) is 9.83. The summed E-state index contributed by atoms with van der Waals surface area (Å²) in [6, 6.07) is 13.2. The monoisotopic (exact) mass is 461 g/mol. The van der Waals surface area contributed by atoms with E-state index in [9.17, 15) is 8.78 Å². The number of aliphatic imine (C=N–C) groups is 1. The molecule has 0 fully saturated rings. The van der Waals surface area contributed by atoms with E-state index in [1.165, 1.54) is 6.07 Å². The standard InChI is InChI=1S/C18H21F2N3O.HI/c1-2-21-18(23-13-14-6-4-3-5-7-14)22-10-11-24-17-9-8-15(19)12-16(17)20;/h3-9,12H,2,10-11,13H2,1H3,(H2,21,22,23);1H. The van der Waals surface area contributed by atoms with Crippen LogP contribution < -0.4 is 15.4 Å². The van der Waals surface area contributed by atoms with Crippen molar-refractivity contribution in [1.29, 1.82) is 0 Å². The minimum atomic E-state index is -0.709. The second-order valence-corrected chi connectivity index (χ2v) is 5.03. The molecule has 2 N–H and O–H groups in total. The van der Waals surface area contributed by atoms with Crippen LogP contribution in [0.3, 0.4) is 0 Å². The number of benzene rings is 2. The molecule has 0 aliphatic carbocycles. The van der Waals surface area contributed by atoms with Crippen LogP contribution in [-0.4, -0.2) is 25.7 Å². The third-order valence-corrected chi connectivity index (χ3v) is 3.15. The van der Waals surface area contributed by atoms with E-state index in [0.717, 1.165) is 24.2 Å². The molecular formula is C18H22F2IN3O. The lowest BCUT2D eigenvalue weighted by Gasteiger charge is -2.12. The maximum absolute atomic E-state index is 13.4. The SMILES string of the molecule is CCNC(=NCc1ccccc1)NCCOc1ccc(F)cc1F.I. The fourth-order valence-corrected chi connectivity index (χ4v) is 2.02. The number of nitrogens with one attached hydrogen (secondary N) is 2. The summed E-state index contributed by atoms with van der Waals surface area (Å²) in [5.41, 5.74) is 1.11. The van der Waals surface area contributed by atoms with Crippen molar-refractivity contribution < 1.29 is 13.5 Å². The average Bonchev–Trinajstić information content (AvgIpc) is 2.59. The summed E-state index contributed by atoms with van der Waals surface area (Å²) in [7, 11) is 0. The molecule has 0 atom stereocenters. The highest BCUT2D eigenvalue weighted by Crippen LogP contribution is 2.17. The molecule has 136 valence electrons. The van der Waals surface area contributed by atoms with Gasteiger partial charge in [0.05, 0.1) is 13.1 Å². The highest BCUT2D eigenvalue weighted by molar-refractivity contribution is 14.0. The summed E-state index contributed by atoms with van der Waals surface area (Å²) in [6.07, 6.45) is 0. The molecule has 0 spiro atoms. The molecule has 2 rings (SSSR count). The van der Waals surface area contributed by atoms with Crippen molar-refractivity contribution in [3.8, 4) is 5.75 Å². The zero-order valence-electron chi connectivity index (χ0n) is 14.0. The zero-order chi connectivity index (χ0) is 17.2. The van der Waals surface area contributed by atoms with Gasteiger partial charge in [0.2, 0.25) is 0 Å². The maximum atomic E-state index is 13.4. The first-order valence-corrected chi connectivity index (χ1v) is 7.83. The van der Waals surface area contributed by atoms with Crippen LogP contribution in [0.15, 0.2) is 53.5 Å². The van der Waals surface area contributed by atoms with Gasteiger partial charge in [-0.1, -0.05) is 30.3 Å². The van der Waals surface area contributed by atoms with E-state index in [4.69, 9.17) is 4.74 Å². The third-order valence-electron chi connectivity index (χ3n) is 3.15. The van der Waals surface area contributed by atoms with Gasteiger partial charge in [-0.15, -0.1) is 24.0 Å². The fourth-order valence-electron chi connectivity index (χ4n) is 2.02. The van der Waals surface area contributed by atoms with Crippen LogP contribution >= 0.6 is 24.0 Å². The van der Waals surface area contributed by atoms with E-state index < -0.39 is 11.6 Å². The molecule has 2 aromatic rings. The van der Waals surface area contributed by atoms with E-state index in [1.807, 2.05) is 37.3 Å². The smallest absolute Gasteiger partial charge is 0.191 e. The number of rotatable bonds is 7. The third kappa shape index (κ3) is 7.68. The van der Waals surface area contributed by atoms with Crippen LogP contribution in [0.5, 0.6) is 5.75 Å². The average molecular weight is 461 g/mol. The van der Waals surface area contributed by atoms with Crippen molar-refractivity contribution in [2.24, 2.45) is 4.99 Å². The highest BCUT2D eigenvalue weighted by atomic mass is 127. The first-order chi connectivity index (χ1) is 11.7. The van der Waals surface area contributed by atoms with Crippen LogP contribution in [-0.2, 0) is 6.54 Å². The van der Waals surface area contributed by atoms with E-state index in [0.29, 0.717) is 19.0 Å². The van der Waals surface area contributed by atoms with Gasteiger partial charge in [0.1, 0.15) is 12.4 Å². The van der Waals surface area contributed by atoms with Gasteiger partial charge in [0.25, 0.3) is 0 Å². The van der Waals surface area contributed by atoms with E-state index in [2.05, 4.69) is 15.6 Å². The van der Waals surface area contributed by atoms with Gasteiger partial charge < -0.3 is 15.4 Å². The van der Waals surface area contributed by atoms with Crippen LogP contribution in [0.1, 0.15) is 12.5 Å². The normalized spacial score (nSPS) is 10.8. The fraction of sp³-hybridized carbons (Fsp3) is 0.278. The van der Waals surface area contributed by atoms with Gasteiger partial charge in [0.15, 0.2) is 17.5 Å². The molecule has 25 heavy (non-hydrogen) atoms. The Hall–Kier alpha value is -1.90. The van der Waals surface area contributed by atoms with E-state index in [-0.39, 0.29) is 36.3 Å². The van der Waals surface area contributed by atoms with Crippen molar-refractivity contribution in [2.45, 2.75) is 13.5 Å². The molecule has 0 radical (unpaired) electrons. The van der Waals surface area contributed by atoms with Crippen LogP contribution in [0.2, 0.25) is 0 Å². The van der Waals surface area contributed by atoms with Crippen molar-refractivity contribution >= 4 is 29.9 Å². The predicted molar refractivity (Wildman–Crippen MR) is 107 cm³/mol. The lowest BCUT2D eigenvalue weighted by molar-refractivity contribution is 0.304. The molecule has 0 aliphatic rings. The molecule has 0 bridgehead atoms. The molecule has 0 unspecified atom stereocenters. The molecule has 0 aromatic heterocycles. The molecule has 0 saturated heterocycles. The number of guanidine groups is 1. The number of hydrogen-bond donors (Lipinski definition) is 2. The maximum Gasteiger partial charge on any atom is 0.191 e. The molecule has 0 aliphatic heterocycles. The summed E-state index contributed by atoms with van der Waals surface area (Å²) in [5, 5.41) is 6.24. The van der Waals surface area contributed by atoms with Crippen LogP contribution in [0, 0.1) is 11.6 Å².